The van der Waals surface area contributed by atoms with Crippen molar-refractivity contribution in [2.45, 2.75) is 167 Å². The van der Waals surface area contributed by atoms with E-state index >= 15 is 0 Å². The number of phosphoric ester groups is 1. The third-order valence-electron chi connectivity index (χ3n) is 9.57. The van der Waals surface area contributed by atoms with E-state index in [4.69, 9.17) is 23.3 Å². The number of nitrogens with zero attached hydrogens (tertiary/aromatic N) is 3. The highest BCUT2D eigenvalue weighted by molar-refractivity contribution is 7.45. The van der Waals surface area contributed by atoms with Crippen LogP contribution in [0, 0.1) is 0 Å². The molecule has 13 heteroatoms. The number of carbonyl (C=O) groups is 2. The normalized spacial score (nSPS) is 14.4. The number of ether oxygens (including phenoxy) is 3. The van der Waals surface area contributed by atoms with Crippen molar-refractivity contribution in [3.05, 3.63) is 29.8 Å². The maximum atomic E-state index is 12.7. The zero-order valence-corrected chi connectivity index (χ0v) is 35.6. The van der Waals surface area contributed by atoms with Gasteiger partial charge in [-0.15, -0.1) is 0 Å². The lowest BCUT2D eigenvalue weighted by atomic mass is 10.0. The molecule has 55 heavy (non-hydrogen) atoms. The number of likely N-dealkylation sites (N-methyl/N-ethyl adjacent to an activating group) is 1. The molecule has 1 aliphatic rings. The van der Waals surface area contributed by atoms with Gasteiger partial charge in [-0.25, -0.2) is 0 Å². The van der Waals surface area contributed by atoms with Crippen LogP contribution < -0.4 is 9.63 Å². The minimum atomic E-state index is -4.64. The molecule has 2 rings (SSSR count). The van der Waals surface area contributed by atoms with E-state index in [1.165, 1.54) is 64.2 Å². The molecule has 316 valence electrons. The summed E-state index contributed by atoms with van der Waals surface area (Å²) in [5.74, 6) is -0.00809. The van der Waals surface area contributed by atoms with E-state index in [1.807, 2.05) is 45.4 Å². The van der Waals surface area contributed by atoms with Crippen LogP contribution in [0.15, 0.2) is 34.5 Å². The Labute approximate surface area is 332 Å². The van der Waals surface area contributed by atoms with Crippen molar-refractivity contribution in [3.63, 3.8) is 0 Å². The van der Waals surface area contributed by atoms with Crippen molar-refractivity contribution in [1.82, 2.24) is 0 Å². The third-order valence-corrected chi connectivity index (χ3v) is 10.5. The van der Waals surface area contributed by atoms with Gasteiger partial charge in [0.2, 0.25) is 6.17 Å². The summed E-state index contributed by atoms with van der Waals surface area (Å²) in [5.41, 5.74) is 1.07. The van der Waals surface area contributed by atoms with E-state index in [1.54, 1.807) is 0 Å². The van der Waals surface area contributed by atoms with Gasteiger partial charge in [-0.2, -0.15) is 10.2 Å². The maximum Gasteiger partial charge on any atom is 0.306 e. The summed E-state index contributed by atoms with van der Waals surface area (Å²) >= 11 is 0. The molecule has 0 aliphatic carbocycles. The van der Waals surface area contributed by atoms with Crippen LogP contribution in [-0.2, 0) is 32.7 Å². The summed E-state index contributed by atoms with van der Waals surface area (Å²) in [6.07, 6.45) is 23.2. The Balaban J connectivity index is 1.58. The molecule has 0 N–H and O–H groups in total. The largest absolute Gasteiger partial charge is 0.756 e. The molecule has 0 radical (unpaired) electrons. The zero-order chi connectivity index (χ0) is 40.0. The van der Waals surface area contributed by atoms with Crippen molar-refractivity contribution >= 4 is 19.8 Å². The average Bonchev–Trinajstić information content (AvgIpc) is 3.99. The molecule has 1 aliphatic heterocycles. The van der Waals surface area contributed by atoms with Crippen molar-refractivity contribution in [3.8, 4) is 5.75 Å². The molecule has 0 saturated heterocycles. The van der Waals surface area contributed by atoms with Gasteiger partial charge in [-0.1, -0.05) is 135 Å². The van der Waals surface area contributed by atoms with Gasteiger partial charge < -0.3 is 32.6 Å². The first-order valence-corrected chi connectivity index (χ1v) is 22.8. The van der Waals surface area contributed by atoms with Gasteiger partial charge in [0.25, 0.3) is 7.82 Å². The van der Waals surface area contributed by atoms with Crippen LogP contribution in [0.2, 0.25) is 0 Å². The number of esters is 2. The number of rotatable bonds is 37. The Hall–Kier alpha value is -2.37. The number of benzene rings is 1. The van der Waals surface area contributed by atoms with Crippen molar-refractivity contribution in [1.29, 1.82) is 0 Å². The zero-order valence-electron chi connectivity index (χ0n) is 34.7. The molecule has 1 aromatic carbocycles. The maximum absolute atomic E-state index is 12.7. The predicted molar refractivity (Wildman–Crippen MR) is 215 cm³/mol. The van der Waals surface area contributed by atoms with E-state index in [-0.39, 0.29) is 32.2 Å². The fourth-order valence-corrected chi connectivity index (χ4v) is 6.83. The number of hydrogen-bond acceptors (Lipinski definition) is 11. The Morgan fingerprint density at radius 2 is 1.24 bits per heavy atom. The second-order valence-corrected chi connectivity index (χ2v) is 17.4. The predicted octanol–water partition coefficient (Wildman–Crippen LogP) is 10.2. The van der Waals surface area contributed by atoms with Gasteiger partial charge in [0.15, 0.2) is 6.10 Å². The highest BCUT2D eigenvalue weighted by Crippen LogP contribution is 2.38. The monoisotopic (exact) mass is 796 g/mol. The summed E-state index contributed by atoms with van der Waals surface area (Å²) in [5, 5.41) is 7.92. The van der Waals surface area contributed by atoms with Crippen molar-refractivity contribution < 1.29 is 46.8 Å². The molecule has 1 heterocycles. The molecule has 1 unspecified atom stereocenters. The Bertz CT molecular complexity index is 1240. The molecular formula is C42H74N3O9P. The first-order chi connectivity index (χ1) is 26.5. The van der Waals surface area contributed by atoms with Crippen LogP contribution in [-0.4, -0.2) is 76.6 Å². The second-order valence-electron chi connectivity index (χ2n) is 16.0. The second kappa shape index (κ2) is 29.8. The quantitative estimate of drug-likeness (QED) is 0.0278. The van der Waals surface area contributed by atoms with Gasteiger partial charge in [-0.3, -0.25) is 14.2 Å². The molecule has 0 fully saturated rings. The minimum Gasteiger partial charge on any atom is -0.756 e. The van der Waals surface area contributed by atoms with Gasteiger partial charge in [0.1, 0.15) is 25.5 Å². The fourth-order valence-electron chi connectivity index (χ4n) is 6.10. The summed E-state index contributed by atoms with van der Waals surface area (Å²) in [6, 6.07) is 7.94. The third kappa shape index (κ3) is 28.6. The summed E-state index contributed by atoms with van der Waals surface area (Å²) < 4.78 is 39.7. The molecule has 0 spiro atoms. The van der Waals surface area contributed by atoms with E-state index < -0.39 is 32.5 Å². The number of quaternary nitrogens is 1. The lowest BCUT2D eigenvalue weighted by molar-refractivity contribution is -0.870. The van der Waals surface area contributed by atoms with Crippen LogP contribution >= 0.6 is 7.82 Å². The Kier molecular flexibility index (Phi) is 26.4. The molecule has 0 amide bonds. The van der Waals surface area contributed by atoms with Gasteiger partial charge >= 0.3 is 11.9 Å². The van der Waals surface area contributed by atoms with Gasteiger partial charge in [0.05, 0.1) is 34.4 Å². The first-order valence-electron chi connectivity index (χ1n) is 21.4. The minimum absolute atomic E-state index is 0.0135. The summed E-state index contributed by atoms with van der Waals surface area (Å²) in [6.45, 7) is 2.60. The summed E-state index contributed by atoms with van der Waals surface area (Å²) in [7, 11) is 1.13. The number of carbonyl (C=O) groups excluding carboxylic acids is 2. The van der Waals surface area contributed by atoms with Crippen LogP contribution in [0.5, 0.6) is 5.75 Å². The first kappa shape index (κ1) is 48.8. The topological polar surface area (TPSA) is 145 Å². The van der Waals surface area contributed by atoms with Gasteiger partial charge in [0, 0.05) is 18.4 Å². The van der Waals surface area contributed by atoms with Crippen molar-refractivity contribution in [2.24, 2.45) is 10.2 Å². The number of unbranched alkanes of at least 4 members (excludes halogenated alkanes) is 19. The standard InChI is InChI=1S/C42H74N3O9P/c1-5-6-7-8-9-10-11-12-13-14-17-20-23-29-40(46)51-35-39(36-53-55(48,49)52-33-31-45(2,3)4)54-41(47)30-24-21-18-15-16-19-22-25-32-50-38-28-26-27-37(34-38)42-43-44-42/h26-28,34,39,42H,5-25,29-33,35-36H2,1-4H3/t39-/m1/s1. The SMILES string of the molecule is CCCCCCCCCCCCCCCC(=O)OC[C@H](COP(=O)([O-])OCC[N+](C)(C)C)OC(=O)CCCCCCCCCCOc1cccc(C2N=N2)c1. The molecular weight excluding hydrogens is 721 g/mol. The molecule has 0 saturated carbocycles. The van der Waals surface area contributed by atoms with Crippen LogP contribution in [0.1, 0.15) is 166 Å². The fraction of sp³-hybridized carbons (Fsp3) is 0.810. The van der Waals surface area contributed by atoms with Crippen LogP contribution in [0.4, 0.5) is 0 Å². The molecule has 0 aromatic heterocycles. The Morgan fingerprint density at radius 3 is 1.78 bits per heavy atom. The van der Waals surface area contributed by atoms with Crippen LogP contribution in [0.3, 0.4) is 0 Å². The van der Waals surface area contributed by atoms with E-state index in [9.17, 15) is 19.0 Å². The van der Waals surface area contributed by atoms with Gasteiger partial charge in [-0.05, 0) is 31.4 Å². The van der Waals surface area contributed by atoms with Crippen LogP contribution in [0.25, 0.3) is 0 Å². The molecule has 1 aromatic rings. The molecule has 12 nitrogen and oxygen atoms in total. The molecule has 2 atom stereocenters. The smallest absolute Gasteiger partial charge is 0.306 e. The Morgan fingerprint density at radius 1 is 0.709 bits per heavy atom. The molecule has 0 bridgehead atoms. The van der Waals surface area contributed by atoms with E-state index in [0.717, 1.165) is 75.5 Å². The average molecular weight is 796 g/mol. The van der Waals surface area contributed by atoms with Crippen molar-refractivity contribution in [2.75, 3.05) is 54.1 Å². The highest BCUT2D eigenvalue weighted by atomic mass is 31.2. The van der Waals surface area contributed by atoms with E-state index in [0.29, 0.717) is 24.1 Å². The highest BCUT2D eigenvalue weighted by Gasteiger charge is 2.22. The number of phosphoric acid groups is 1. The van der Waals surface area contributed by atoms with E-state index in [2.05, 4.69) is 17.2 Å². The lowest BCUT2D eigenvalue weighted by Gasteiger charge is -2.28. The lowest BCUT2D eigenvalue weighted by Crippen LogP contribution is -2.37. The summed E-state index contributed by atoms with van der Waals surface area (Å²) in [4.78, 5) is 37.5. The number of hydrogen-bond donors (Lipinski definition) is 0.